The van der Waals surface area contributed by atoms with Crippen LogP contribution in [0.15, 0.2) is 0 Å². The maximum absolute atomic E-state index is 11.5. The van der Waals surface area contributed by atoms with E-state index < -0.39 is 0 Å². The Labute approximate surface area is 80.3 Å². The van der Waals surface area contributed by atoms with Crippen LogP contribution in [0.3, 0.4) is 0 Å². The minimum Gasteiger partial charge on any atom is -0.341 e. The average Bonchev–Trinajstić information content (AvgIpc) is 2.17. The van der Waals surface area contributed by atoms with Crippen LogP contribution in [0.5, 0.6) is 0 Å². The summed E-state index contributed by atoms with van der Waals surface area (Å²) in [5, 5.41) is 0. The van der Waals surface area contributed by atoms with Gasteiger partial charge in [0, 0.05) is 13.1 Å². The molecule has 0 aromatic carbocycles. The number of nitrogens with zero attached hydrogens (tertiary/aromatic N) is 1. The van der Waals surface area contributed by atoms with Gasteiger partial charge in [-0.15, -0.1) is 0 Å². The number of amides is 1. The molecule has 1 aliphatic heterocycles. The van der Waals surface area contributed by atoms with Crippen LogP contribution in [-0.2, 0) is 4.79 Å². The van der Waals surface area contributed by atoms with Crippen molar-refractivity contribution in [2.24, 2.45) is 11.7 Å². The summed E-state index contributed by atoms with van der Waals surface area (Å²) in [5.41, 5.74) is 5.54. The van der Waals surface area contributed by atoms with E-state index in [0.717, 1.165) is 31.8 Å². The molecular formula is C10H20N2O. The highest BCUT2D eigenvalue weighted by molar-refractivity contribution is 5.81. The minimum atomic E-state index is -0.335. The Balaban J connectivity index is 2.36. The summed E-state index contributed by atoms with van der Waals surface area (Å²) >= 11 is 0. The Morgan fingerprint density at radius 1 is 1.54 bits per heavy atom. The molecule has 0 spiro atoms. The first-order valence-electron chi connectivity index (χ1n) is 5.19. The van der Waals surface area contributed by atoms with Crippen molar-refractivity contribution in [1.29, 1.82) is 0 Å². The van der Waals surface area contributed by atoms with E-state index in [-0.39, 0.29) is 11.9 Å². The topological polar surface area (TPSA) is 46.3 Å². The molecule has 0 saturated carbocycles. The third-order valence-electron chi connectivity index (χ3n) is 2.89. The molecule has 3 nitrogen and oxygen atoms in total. The predicted molar refractivity (Wildman–Crippen MR) is 53.2 cm³/mol. The lowest BCUT2D eigenvalue weighted by Gasteiger charge is -2.32. The van der Waals surface area contributed by atoms with Crippen molar-refractivity contribution >= 4 is 5.91 Å². The molecule has 0 aromatic rings. The SMILES string of the molecule is CCC1CCN(C(=O)[C@@H](C)N)CC1. The van der Waals surface area contributed by atoms with Crippen LogP contribution in [0.1, 0.15) is 33.1 Å². The average molecular weight is 184 g/mol. The van der Waals surface area contributed by atoms with Gasteiger partial charge in [-0.05, 0) is 25.7 Å². The second kappa shape index (κ2) is 4.61. The van der Waals surface area contributed by atoms with E-state index in [1.807, 2.05) is 4.90 Å². The van der Waals surface area contributed by atoms with Crippen molar-refractivity contribution in [2.45, 2.75) is 39.2 Å². The molecule has 1 fully saturated rings. The van der Waals surface area contributed by atoms with Crippen LogP contribution in [0.2, 0.25) is 0 Å². The van der Waals surface area contributed by atoms with Crippen molar-refractivity contribution in [3.63, 3.8) is 0 Å². The van der Waals surface area contributed by atoms with Gasteiger partial charge in [-0.25, -0.2) is 0 Å². The minimum absolute atomic E-state index is 0.106. The van der Waals surface area contributed by atoms with Crippen molar-refractivity contribution in [2.75, 3.05) is 13.1 Å². The van der Waals surface area contributed by atoms with E-state index in [1.54, 1.807) is 6.92 Å². The highest BCUT2D eigenvalue weighted by Crippen LogP contribution is 2.19. The number of carbonyl (C=O) groups excluding carboxylic acids is 1. The molecule has 0 unspecified atom stereocenters. The number of piperidine rings is 1. The number of rotatable bonds is 2. The van der Waals surface area contributed by atoms with Crippen molar-refractivity contribution in [1.82, 2.24) is 4.90 Å². The standard InChI is InChI=1S/C10H20N2O/c1-3-9-4-6-12(7-5-9)10(13)8(2)11/h8-9H,3-7,11H2,1-2H3/t8-/m1/s1. The van der Waals surface area contributed by atoms with Crippen LogP contribution < -0.4 is 5.73 Å². The fourth-order valence-electron chi connectivity index (χ4n) is 1.85. The largest absolute Gasteiger partial charge is 0.341 e. The third kappa shape index (κ3) is 2.69. The number of nitrogens with two attached hydrogens (primary N) is 1. The number of carbonyl (C=O) groups is 1. The van der Waals surface area contributed by atoms with Gasteiger partial charge in [0.2, 0.25) is 5.91 Å². The van der Waals surface area contributed by atoms with Crippen LogP contribution >= 0.6 is 0 Å². The van der Waals surface area contributed by atoms with Gasteiger partial charge in [-0.2, -0.15) is 0 Å². The second-order valence-electron chi connectivity index (χ2n) is 3.97. The molecule has 1 atom stereocenters. The first-order valence-corrected chi connectivity index (χ1v) is 5.19. The molecule has 0 aliphatic carbocycles. The molecular weight excluding hydrogens is 164 g/mol. The molecule has 0 radical (unpaired) electrons. The molecule has 3 heteroatoms. The summed E-state index contributed by atoms with van der Waals surface area (Å²) in [6.45, 7) is 5.78. The monoisotopic (exact) mass is 184 g/mol. The van der Waals surface area contributed by atoms with E-state index in [1.165, 1.54) is 6.42 Å². The maximum atomic E-state index is 11.5. The molecule has 2 N–H and O–H groups in total. The first kappa shape index (κ1) is 10.5. The van der Waals surface area contributed by atoms with Crippen molar-refractivity contribution < 1.29 is 4.79 Å². The highest BCUT2D eigenvalue weighted by Gasteiger charge is 2.23. The molecule has 0 bridgehead atoms. The smallest absolute Gasteiger partial charge is 0.239 e. The summed E-state index contributed by atoms with van der Waals surface area (Å²) < 4.78 is 0. The van der Waals surface area contributed by atoms with Gasteiger partial charge >= 0.3 is 0 Å². The normalized spacial score (nSPS) is 21.6. The highest BCUT2D eigenvalue weighted by atomic mass is 16.2. The molecule has 1 amide bonds. The van der Waals surface area contributed by atoms with Gasteiger partial charge in [-0.3, -0.25) is 4.79 Å². The van der Waals surface area contributed by atoms with Crippen molar-refractivity contribution in [3.8, 4) is 0 Å². The molecule has 1 heterocycles. The zero-order valence-corrected chi connectivity index (χ0v) is 8.62. The van der Waals surface area contributed by atoms with Gasteiger partial charge in [0.25, 0.3) is 0 Å². The Bertz CT molecular complexity index is 172. The summed E-state index contributed by atoms with van der Waals surface area (Å²) in [5.74, 6) is 0.923. The zero-order chi connectivity index (χ0) is 9.84. The summed E-state index contributed by atoms with van der Waals surface area (Å²) in [7, 11) is 0. The van der Waals surface area contributed by atoms with E-state index in [0.29, 0.717) is 0 Å². The van der Waals surface area contributed by atoms with Gasteiger partial charge in [0.05, 0.1) is 6.04 Å². The van der Waals surface area contributed by atoms with Crippen molar-refractivity contribution in [3.05, 3.63) is 0 Å². The van der Waals surface area contributed by atoms with Crippen LogP contribution in [-0.4, -0.2) is 29.9 Å². The maximum Gasteiger partial charge on any atom is 0.239 e. The van der Waals surface area contributed by atoms with Gasteiger partial charge in [-0.1, -0.05) is 13.3 Å². The number of hydrogen-bond donors (Lipinski definition) is 1. The Hall–Kier alpha value is -0.570. The van der Waals surface area contributed by atoms with Crippen LogP contribution in [0.25, 0.3) is 0 Å². The quantitative estimate of drug-likeness (QED) is 0.695. The molecule has 1 rings (SSSR count). The van der Waals surface area contributed by atoms with E-state index >= 15 is 0 Å². The lowest BCUT2D eigenvalue weighted by molar-refractivity contribution is -0.133. The summed E-state index contributed by atoms with van der Waals surface area (Å²) in [6, 6.07) is -0.335. The van der Waals surface area contributed by atoms with E-state index in [4.69, 9.17) is 5.73 Å². The van der Waals surface area contributed by atoms with Gasteiger partial charge in [0.1, 0.15) is 0 Å². The molecule has 1 saturated heterocycles. The van der Waals surface area contributed by atoms with E-state index in [2.05, 4.69) is 6.92 Å². The Kier molecular flexibility index (Phi) is 3.72. The second-order valence-corrected chi connectivity index (χ2v) is 3.97. The Morgan fingerprint density at radius 3 is 2.46 bits per heavy atom. The molecule has 0 aromatic heterocycles. The number of likely N-dealkylation sites (tertiary alicyclic amines) is 1. The summed E-state index contributed by atoms with van der Waals surface area (Å²) in [4.78, 5) is 13.4. The van der Waals surface area contributed by atoms with Gasteiger partial charge < -0.3 is 10.6 Å². The molecule has 1 aliphatic rings. The fraction of sp³-hybridized carbons (Fsp3) is 0.900. The van der Waals surface area contributed by atoms with E-state index in [9.17, 15) is 4.79 Å². The lowest BCUT2D eigenvalue weighted by Crippen LogP contribution is -2.45. The molecule has 13 heavy (non-hydrogen) atoms. The van der Waals surface area contributed by atoms with Crippen LogP contribution in [0, 0.1) is 5.92 Å². The van der Waals surface area contributed by atoms with Gasteiger partial charge in [0.15, 0.2) is 0 Å². The molecule has 76 valence electrons. The number of hydrogen-bond acceptors (Lipinski definition) is 2. The Morgan fingerprint density at radius 2 is 2.08 bits per heavy atom. The first-order chi connectivity index (χ1) is 6.15. The zero-order valence-electron chi connectivity index (χ0n) is 8.62. The van der Waals surface area contributed by atoms with Crippen LogP contribution in [0.4, 0.5) is 0 Å². The lowest BCUT2D eigenvalue weighted by atomic mass is 9.94. The predicted octanol–water partition coefficient (Wildman–Crippen LogP) is 0.982. The third-order valence-corrected chi connectivity index (χ3v) is 2.89. The summed E-state index contributed by atoms with van der Waals surface area (Å²) in [6.07, 6.45) is 3.53. The fourth-order valence-corrected chi connectivity index (χ4v) is 1.85.